The summed E-state index contributed by atoms with van der Waals surface area (Å²) in [5.74, 6) is 0.835. The highest BCUT2D eigenvalue weighted by molar-refractivity contribution is 5.85. The molecule has 6 heteroatoms. The number of piperidine rings is 1. The van der Waals surface area contributed by atoms with Crippen molar-refractivity contribution in [3.63, 3.8) is 0 Å². The number of rotatable bonds is 5. The van der Waals surface area contributed by atoms with Gasteiger partial charge in [0.1, 0.15) is 5.75 Å². The van der Waals surface area contributed by atoms with Crippen LogP contribution in [0.5, 0.6) is 5.75 Å². The molecular formula is C19H29ClN2O3. The van der Waals surface area contributed by atoms with Gasteiger partial charge in [0.05, 0.1) is 6.61 Å². The fraction of sp³-hybridized carbons (Fsp3) is 0.632. The standard InChI is InChI=1S/C19H28N2O3.ClH/c1-13-8-15-10-17(24-16(15)9-14(13)2)18(22)21-11-19(12-23-3)4-6-20-7-5-19;/h8-9,17,20H,4-7,10-12H2,1-3H3,(H,21,22);1H. The molecule has 1 aromatic rings. The molecule has 0 bridgehead atoms. The van der Waals surface area contributed by atoms with Crippen LogP contribution in [0.15, 0.2) is 12.1 Å². The van der Waals surface area contributed by atoms with E-state index in [1.807, 2.05) is 6.07 Å². The molecule has 1 atom stereocenters. The van der Waals surface area contributed by atoms with Crippen LogP contribution < -0.4 is 15.4 Å². The molecule has 1 fully saturated rings. The number of hydrogen-bond donors (Lipinski definition) is 2. The van der Waals surface area contributed by atoms with Gasteiger partial charge in [-0.05, 0) is 62.5 Å². The Bertz CT molecular complexity index is 578. The number of carbonyl (C=O) groups is 1. The quantitative estimate of drug-likeness (QED) is 0.836. The zero-order chi connectivity index (χ0) is 17.2. The number of aryl methyl sites for hydroxylation is 2. The Morgan fingerprint density at radius 2 is 2.00 bits per heavy atom. The molecule has 1 aromatic carbocycles. The van der Waals surface area contributed by atoms with Crippen molar-refractivity contribution in [2.24, 2.45) is 5.41 Å². The monoisotopic (exact) mass is 368 g/mol. The highest BCUT2D eigenvalue weighted by Crippen LogP contribution is 2.32. The molecule has 3 rings (SSSR count). The molecule has 2 N–H and O–H groups in total. The average molecular weight is 369 g/mol. The van der Waals surface area contributed by atoms with E-state index in [4.69, 9.17) is 9.47 Å². The van der Waals surface area contributed by atoms with Gasteiger partial charge in [0.2, 0.25) is 0 Å². The van der Waals surface area contributed by atoms with E-state index in [1.54, 1.807) is 7.11 Å². The topological polar surface area (TPSA) is 59.6 Å². The zero-order valence-corrected chi connectivity index (χ0v) is 16.1. The first-order valence-electron chi connectivity index (χ1n) is 8.77. The van der Waals surface area contributed by atoms with Crippen molar-refractivity contribution in [2.45, 2.75) is 39.2 Å². The van der Waals surface area contributed by atoms with Gasteiger partial charge in [-0.2, -0.15) is 0 Å². The van der Waals surface area contributed by atoms with Crippen LogP contribution >= 0.6 is 12.4 Å². The van der Waals surface area contributed by atoms with Crippen molar-refractivity contribution >= 4 is 18.3 Å². The maximum atomic E-state index is 12.6. The second-order valence-corrected chi connectivity index (χ2v) is 7.26. The minimum absolute atomic E-state index is 0. The molecule has 0 saturated carbocycles. The Labute approximate surface area is 156 Å². The van der Waals surface area contributed by atoms with Gasteiger partial charge in [0, 0.05) is 25.5 Å². The lowest BCUT2D eigenvalue weighted by molar-refractivity contribution is -0.128. The van der Waals surface area contributed by atoms with E-state index >= 15 is 0 Å². The third-order valence-corrected chi connectivity index (χ3v) is 5.40. The van der Waals surface area contributed by atoms with E-state index in [0.29, 0.717) is 19.6 Å². The largest absolute Gasteiger partial charge is 0.480 e. The van der Waals surface area contributed by atoms with Gasteiger partial charge in [-0.25, -0.2) is 0 Å². The number of nitrogens with one attached hydrogen (secondary N) is 2. The third-order valence-electron chi connectivity index (χ3n) is 5.40. The highest BCUT2D eigenvalue weighted by Gasteiger charge is 2.35. The van der Waals surface area contributed by atoms with Crippen molar-refractivity contribution in [1.82, 2.24) is 10.6 Å². The van der Waals surface area contributed by atoms with Crippen molar-refractivity contribution < 1.29 is 14.3 Å². The summed E-state index contributed by atoms with van der Waals surface area (Å²) in [4.78, 5) is 12.6. The first-order chi connectivity index (χ1) is 11.5. The van der Waals surface area contributed by atoms with Crippen molar-refractivity contribution in [3.8, 4) is 5.75 Å². The Morgan fingerprint density at radius 3 is 2.68 bits per heavy atom. The molecule has 1 unspecified atom stereocenters. The van der Waals surface area contributed by atoms with Crippen LogP contribution in [0.4, 0.5) is 0 Å². The Hall–Kier alpha value is -1.30. The first-order valence-corrected chi connectivity index (χ1v) is 8.77. The summed E-state index contributed by atoms with van der Waals surface area (Å²) in [6.45, 7) is 7.44. The molecule has 1 amide bonds. The Morgan fingerprint density at radius 1 is 1.32 bits per heavy atom. The predicted octanol–water partition coefficient (Wildman–Crippen LogP) is 2.16. The second kappa shape index (κ2) is 8.39. The summed E-state index contributed by atoms with van der Waals surface area (Å²) >= 11 is 0. The molecule has 1 saturated heterocycles. The first kappa shape index (κ1) is 20.0. The summed E-state index contributed by atoms with van der Waals surface area (Å²) in [6, 6.07) is 4.17. The molecular weight excluding hydrogens is 340 g/mol. The molecule has 5 nitrogen and oxygen atoms in total. The average Bonchev–Trinajstić information content (AvgIpc) is 2.97. The number of amides is 1. The normalized spacial score (nSPS) is 21.0. The number of carbonyl (C=O) groups excluding carboxylic acids is 1. The number of methoxy groups -OCH3 is 1. The van der Waals surface area contributed by atoms with Crippen LogP contribution in [0.3, 0.4) is 0 Å². The highest BCUT2D eigenvalue weighted by atomic mass is 35.5. The number of benzene rings is 1. The van der Waals surface area contributed by atoms with Gasteiger partial charge in [-0.15, -0.1) is 12.4 Å². The molecule has 2 aliphatic heterocycles. The molecule has 25 heavy (non-hydrogen) atoms. The van der Waals surface area contributed by atoms with E-state index in [-0.39, 0.29) is 23.7 Å². The van der Waals surface area contributed by atoms with E-state index in [2.05, 4.69) is 30.5 Å². The maximum Gasteiger partial charge on any atom is 0.261 e. The molecule has 0 aromatic heterocycles. The lowest BCUT2D eigenvalue weighted by atomic mass is 9.79. The van der Waals surface area contributed by atoms with Crippen molar-refractivity contribution in [3.05, 3.63) is 28.8 Å². The summed E-state index contributed by atoms with van der Waals surface area (Å²) < 4.78 is 11.3. The van der Waals surface area contributed by atoms with E-state index in [1.165, 1.54) is 11.1 Å². The Balaban J connectivity index is 0.00000225. The summed E-state index contributed by atoms with van der Waals surface area (Å²) in [5.41, 5.74) is 3.61. The molecule has 2 heterocycles. The lowest BCUT2D eigenvalue weighted by Crippen LogP contribution is -2.49. The van der Waals surface area contributed by atoms with E-state index in [9.17, 15) is 4.79 Å². The van der Waals surface area contributed by atoms with Crippen LogP contribution in [0.2, 0.25) is 0 Å². The van der Waals surface area contributed by atoms with Crippen LogP contribution in [-0.2, 0) is 16.0 Å². The predicted molar refractivity (Wildman–Crippen MR) is 101 cm³/mol. The van der Waals surface area contributed by atoms with Crippen molar-refractivity contribution in [2.75, 3.05) is 33.4 Å². The summed E-state index contributed by atoms with van der Waals surface area (Å²) in [7, 11) is 1.73. The van der Waals surface area contributed by atoms with Gasteiger partial charge >= 0.3 is 0 Å². The smallest absolute Gasteiger partial charge is 0.261 e. The van der Waals surface area contributed by atoms with Gasteiger partial charge in [-0.3, -0.25) is 4.79 Å². The molecule has 0 spiro atoms. The molecule has 140 valence electrons. The van der Waals surface area contributed by atoms with Gasteiger partial charge in [-0.1, -0.05) is 6.07 Å². The SMILES string of the molecule is COCC1(CNC(=O)C2Cc3cc(C)c(C)cc3O2)CCNCC1.Cl. The van der Waals surface area contributed by atoms with Gasteiger partial charge in [0.25, 0.3) is 5.91 Å². The number of hydrogen-bond acceptors (Lipinski definition) is 4. The molecule has 0 radical (unpaired) electrons. The molecule has 0 aliphatic carbocycles. The fourth-order valence-corrected chi connectivity index (χ4v) is 3.68. The van der Waals surface area contributed by atoms with Gasteiger partial charge in [0.15, 0.2) is 6.10 Å². The molecule has 2 aliphatic rings. The van der Waals surface area contributed by atoms with E-state index in [0.717, 1.165) is 37.2 Å². The van der Waals surface area contributed by atoms with Crippen LogP contribution in [0, 0.1) is 19.3 Å². The zero-order valence-electron chi connectivity index (χ0n) is 15.3. The minimum Gasteiger partial charge on any atom is -0.480 e. The maximum absolute atomic E-state index is 12.6. The fourth-order valence-electron chi connectivity index (χ4n) is 3.68. The summed E-state index contributed by atoms with van der Waals surface area (Å²) in [5, 5.41) is 6.48. The third kappa shape index (κ3) is 4.46. The van der Waals surface area contributed by atoms with Crippen LogP contribution in [0.1, 0.15) is 29.5 Å². The van der Waals surface area contributed by atoms with E-state index < -0.39 is 6.10 Å². The minimum atomic E-state index is -0.414. The van der Waals surface area contributed by atoms with Crippen LogP contribution in [0.25, 0.3) is 0 Å². The number of fused-ring (bicyclic) bond motifs is 1. The second-order valence-electron chi connectivity index (χ2n) is 7.26. The van der Waals surface area contributed by atoms with Gasteiger partial charge < -0.3 is 20.1 Å². The summed E-state index contributed by atoms with van der Waals surface area (Å²) in [6.07, 6.45) is 2.28. The van der Waals surface area contributed by atoms with Crippen molar-refractivity contribution in [1.29, 1.82) is 0 Å². The lowest BCUT2D eigenvalue weighted by Gasteiger charge is -2.37. The number of halogens is 1. The number of ether oxygens (including phenoxy) is 2. The van der Waals surface area contributed by atoms with Crippen LogP contribution in [-0.4, -0.2) is 45.4 Å². The Kier molecular flexibility index (Phi) is 6.72.